The number of aliphatic carboxylic acids is 1. The third kappa shape index (κ3) is 2.73. The van der Waals surface area contributed by atoms with Crippen molar-refractivity contribution in [2.45, 2.75) is 13.3 Å². The second kappa shape index (κ2) is 4.61. The van der Waals surface area contributed by atoms with Crippen LogP contribution in [-0.2, 0) is 11.2 Å². The Morgan fingerprint density at radius 1 is 1.50 bits per heavy atom. The molecule has 0 aliphatic carbocycles. The molecule has 0 unspecified atom stereocenters. The van der Waals surface area contributed by atoms with E-state index in [2.05, 4.69) is 6.58 Å². The van der Waals surface area contributed by atoms with Crippen LogP contribution in [0.1, 0.15) is 18.1 Å². The third-order valence-electron chi connectivity index (χ3n) is 2.18. The summed E-state index contributed by atoms with van der Waals surface area (Å²) in [7, 11) is 0. The van der Waals surface area contributed by atoms with E-state index in [0.29, 0.717) is 6.42 Å². The maximum atomic E-state index is 10.6. The second-order valence-corrected chi connectivity index (χ2v) is 3.39. The molecular weight excluding hydrogens is 176 g/mol. The van der Waals surface area contributed by atoms with Crippen LogP contribution < -0.4 is 0 Å². The lowest BCUT2D eigenvalue weighted by atomic mass is 10.0. The monoisotopic (exact) mass is 190 g/mol. The SMILES string of the molecule is C=Cc1ccc(C[C@@H](C)C(=O)O)cc1. The fourth-order valence-electron chi connectivity index (χ4n) is 1.23. The van der Waals surface area contributed by atoms with Gasteiger partial charge >= 0.3 is 5.97 Å². The third-order valence-corrected chi connectivity index (χ3v) is 2.18. The summed E-state index contributed by atoms with van der Waals surface area (Å²) in [5.41, 5.74) is 2.10. The molecular formula is C12H14O2. The van der Waals surface area contributed by atoms with Crippen LogP contribution in [0.3, 0.4) is 0 Å². The highest BCUT2D eigenvalue weighted by atomic mass is 16.4. The van der Waals surface area contributed by atoms with Gasteiger partial charge in [-0.05, 0) is 17.5 Å². The van der Waals surface area contributed by atoms with Gasteiger partial charge in [-0.15, -0.1) is 0 Å². The van der Waals surface area contributed by atoms with Crippen LogP contribution in [0.15, 0.2) is 30.8 Å². The van der Waals surface area contributed by atoms with Crippen molar-refractivity contribution in [3.63, 3.8) is 0 Å². The molecule has 1 atom stereocenters. The first-order valence-corrected chi connectivity index (χ1v) is 4.57. The van der Waals surface area contributed by atoms with Crippen LogP contribution in [0.25, 0.3) is 6.08 Å². The molecule has 0 aromatic heterocycles. The first-order valence-electron chi connectivity index (χ1n) is 4.57. The molecule has 0 bridgehead atoms. The van der Waals surface area contributed by atoms with E-state index in [0.717, 1.165) is 11.1 Å². The molecule has 1 N–H and O–H groups in total. The number of carboxylic acid groups (broad SMARTS) is 1. The van der Waals surface area contributed by atoms with Gasteiger partial charge in [-0.3, -0.25) is 4.79 Å². The predicted octanol–water partition coefficient (Wildman–Crippen LogP) is 2.59. The van der Waals surface area contributed by atoms with Crippen LogP contribution >= 0.6 is 0 Å². The number of hydrogen-bond donors (Lipinski definition) is 1. The molecule has 1 rings (SSSR count). The minimum atomic E-state index is -0.752. The highest BCUT2D eigenvalue weighted by molar-refractivity contribution is 5.69. The van der Waals surface area contributed by atoms with E-state index in [1.165, 1.54) is 0 Å². The summed E-state index contributed by atoms with van der Waals surface area (Å²) in [4.78, 5) is 10.6. The maximum Gasteiger partial charge on any atom is 0.306 e. The van der Waals surface area contributed by atoms with Gasteiger partial charge in [0.15, 0.2) is 0 Å². The van der Waals surface area contributed by atoms with Gasteiger partial charge in [0, 0.05) is 0 Å². The van der Waals surface area contributed by atoms with E-state index in [1.807, 2.05) is 24.3 Å². The summed E-state index contributed by atoms with van der Waals surface area (Å²) in [5.74, 6) is -1.08. The zero-order valence-corrected chi connectivity index (χ0v) is 8.23. The molecule has 0 fully saturated rings. The average molecular weight is 190 g/mol. The van der Waals surface area contributed by atoms with E-state index in [-0.39, 0.29) is 5.92 Å². The normalized spacial score (nSPS) is 12.1. The largest absolute Gasteiger partial charge is 0.481 e. The van der Waals surface area contributed by atoms with Crippen molar-refractivity contribution in [1.29, 1.82) is 0 Å². The van der Waals surface area contributed by atoms with Crippen molar-refractivity contribution < 1.29 is 9.90 Å². The van der Waals surface area contributed by atoms with Crippen LogP contribution in [-0.4, -0.2) is 11.1 Å². The molecule has 1 aromatic carbocycles. The Balaban J connectivity index is 2.68. The summed E-state index contributed by atoms with van der Waals surface area (Å²) >= 11 is 0. The van der Waals surface area contributed by atoms with Crippen LogP contribution in [0.4, 0.5) is 0 Å². The number of hydrogen-bond acceptors (Lipinski definition) is 1. The molecule has 0 heterocycles. The predicted molar refractivity (Wildman–Crippen MR) is 57.0 cm³/mol. The van der Waals surface area contributed by atoms with Gasteiger partial charge in [-0.1, -0.05) is 43.8 Å². The Morgan fingerprint density at radius 2 is 2.07 bits per heavy atom. The van der Waals surface area contributed by atoms with E-state index in [1.54, 1.807) is 13.0 Å². The van der Waals surface area contributed by atoms with Gasteiger partial charge in [0.25, 0.3) is 0 Å². The Kier molecular flexibility index (Phi) is 3.46. The quantitative estimate of drug-likeness (QED) is 0.792. The standard InChI is InChI=1S/C12H14O2/c1-3-10-4-6-11(7-5-10)8-9(2)12(13)14/h3-7,9H,1,8H2,2H3,(H,13,14)/t9-/m1/s1. The minimum Gasteiger partial charge on any atom is -0.481 e. The molecule has 0 saturated carbocycles. The number of carboxylic acids is 1. The van der Waals surface area contributed by atoms with Crippen molar-refractivity contribution >= 4 is 12.0 Å². The summed E-state index contributed by atoms with van der Waals surface area (Å²) in [6.45, 7) is 5.37. The fourth-order valence-corrected chi connectivity index (χ4v) is 1.23. The number of carbonyl (C=O) groups is 1. The zero-order valence-electron chi connectivity index (χ0n) is 8.23. The summed E-state index contributed by atoms with van der Waals surface area (Å²) in [6.07, 6.45) is 2.34. The van der Waals surface area contributed by atoms with Gasteiger partial charge in [0.1, 0.15) is 0 Å². The highest BCUT2D eigenvalue weighted by Crippen LogP contribution is 2.10. The smallest absolute Gasteiger partial charge is 0.306 e. The van der Waals surface area contributed by atoms with Crippen molar-refractivity contribution in [2.75, 3.05) is 0 Å². The van der Waals surface area contributed by atoms with E-state index in [4.69, 9.17) is 5.11 Å². The Morgan fingerprint density at radius 3 is 2.50 bits per heavy atom. The lowest BCUT2D eigenvalue weighted by molar-refractivity contribution is -0.141. The lowest BCUT2D eigenvalue weighted by Gasteiger charge is -2.05. The molecule has 2 nitrogen and oxygen atoms in total. The highest BCUT2D eigenvalue weighted by Gasteiger charge is 2.10. The fraction of sp³-hybridized carbons (Fsp3) is 0.250. The van der Waals surface area contributed by atoms with Gasteiger partial charge in [-0.25, -0.2) is 0 Å². The molecule has 0 saturated heterocycles. The topological polar surface area (TPSA) is 37.3 Å². The summed E-state index contributed by atoms with van der Waals surface area (Å²) in [6, 6.07) is 7.76. The van der Waals surface area contributed by atoms with E-state index in [9.17, 15) is 4.79 Å². The molecule has 0 amide bonds. The average Bonchev–Trinajstić information content (AvgIpc) is 2.19. The first kappa shape index (κ1) is 10.5. The molecule has 14 heavy (non-hydrogen) atoms. The molecule has 74 valence electrons. The Labute approximate surface area is 83.9 Å². The van der Waals surface area contributed by atoms with Gasteiger partial charge in [0.05, 0.1) is 5.92 Å². The molecule has 2 heteroatoms. The van der Waals surface area contributed by atoms with Gasteiger partial charge in [-0.2, -0.15) is 0 Å². The van der Waals surface area contributed by atoms with Crippen molar-refractivity contribution in [1.82, 2.24) is 0 Å². The van der Waals surface area contributed by atoms with Crippen LogP contribution in [0.2, 0.25) is 0 Å². The number of rotatable bonds is 4. The molecule has 1 aromatic rings. The molecule has 0 radical (unpaired) electrons. The molecule has 0 aliphatic rings. The number of benzene rings is 1. The van der Waals surface area contributed by atoms with Crippen LogP contribution in [0.5, 0.6) is 0 Å². The Hall–Kier alpha value is -1.57. The van der Waals surface area contributed by atoms with Crippen molar-refractivity contribution in [3.8, 4) is 0 Å². The lowest BCUT2D eigenvalue weighted by Crippen LogP contribution is -2.12. The zero-order chi connectivity index (χ0) is 10.6. The first-order chi connectivity index (χ1) is 6.63. The Bertz CT molecular complexity index is 325. The minimum absolute atomic E-state index is 0.329. The van der Waals surface area contributed by atoms with Crippen molar-refractivity contribution in [2.24, 2.45) is 5.92 Å². The maximum absolute atomic E-state index is 10.6. The molecule has 0 aliphatic heterocycles. The van der Waals surface area contributed by atoms with E-state index < -0.39 is 5.97 Å². The molecule has 0 spiro atoms. The van der Waals surface area contributed by atoms with E-state index >= 15 is 0 Å². The van der Waals surface area contributed by atoms with Gasteiger partial charge < -0.3 is 5.11 Å². The van der Waals surface area contributed by atoms with Gasteiger partial charge in [0.2, 0.25) is 0 Å². The second-order valence-electron chi connectivity index (χ2n) is 3.39. The summed E-state index contributed by atoms with van der Waals surface area (Å²) in [5, 5.41) is 8.73. The summed E-state index contributed by atoms with van der Waals surface area (Å²) < 4.78 is 0. The van der Waals surface area contributed by atoms with Crippen LogP contribution in [0, 0.1) is 5.92 Å². The van der Waals surface area contributed by atoms with Crippen molar-refractivity contribution in [3.05, 3.63) is 42.0 Å².